The van der Waals surface area contributed by atoms with E-state index in [0.717, 1.165) is 39.1 Å². The third-order valence-electron chi connectivity index (χ3n) is 5.82. The molecule has 0 unspecified atom stereocenters. The number of nitrogens with one attached hydrogen (secondary N) is 1. The molecule has 1 amide bonds. The van der Waals surface area contributed by atoms with E-state index in [1.165, 1.54) is 17.1 Å². The number of benzene rings is 1. The summed E-state index contributed by atoms with van der Waals surface area (Å²) in [7, 11) is -2.12. The first kappa shape index (κ1) is 23.0. The lowest BCUT2D eigenvalue weighted by Gasteiger charge is -2.29. The lowest BCUT2D eigenvalue weighted by molar-refractivity contribution is -0.131. The van der Waals surface area contributed by atoms with Crippen molar-refractivity contribution < 1.29 is 17.9 Å². The third-order valence-corrected chi connectivity index (χ3v) is 7.74. The van der Waals surface area contributed by atoms with Gasteiger partial charge in [0, 0.05) is 45.7 Å². The number of hydrogen-bond donors (Lipinski definition) is 1. The van der Waals surface area contributed by atoms with Gasteiger partial charge in [-0.3, -0.25) is 4.79 Å². The SMILES string of the molecule is COc1ccc(S(=O)(=O)N(CCCN2CCCC2)CCC(=O)N2CCNCC2)cc1. The van der Waals surface area contributed by atoms with Crippen LogP contribution in [0.25, 0.3) is 0 Å². The summed E-state index contributed by atoms with van der Waals surface area (Å²) in [6.45, 7) is 6.62. The van der Waals surface area contributed by atoms with Crippen LogP contribution < -0.4 is 10.1 Å². The van der Waals surface area contributed by atoms with Crippen LogP contribution in [0.4, 0.5) is 0 Å². The van der Waals surface area contributed by atoms with Crippen molar-refractivity contribution in [2.75, 3.05) is 66.0 Å². The molecule has 0 radical (unpaired) electrons. The molecular formula is C21H34N4O4S. The fourth-order valence-corrected chi connectivity index (χ4v) is 5.50. The number of amides is 1. The summed E-state index contributed by atoms with van der Waals surface area (Å²) < 4.78 is 33.2. The summed E-state index contributed by atoms with van der Waals surface area (Å²) in [4.78, 5) is 17.0. The van der Waals surface area contributed by atoms with Crippen molar-refractivity contribution in [1.29, 1.82) is 0 Å². The maximum atomic E-state index is 13.3. The van der Waals surface area contributed by atoms with Gasteiger partial charge in [0.2, 0.25) is 15.9 Å². The number of likely N-dealkylation sites (tertiary alicyclic amines) is 1. The molecule has 3 rings (SSSR count). The fraction of sp³-hybridized carbons (Fsp3) is 0.667. The molecule has 2 heterocycles. The minimum atomic E-state index is -3.67. The second-order valence-corrected chi connectivity index (χ2v) is 9.80. The maximum absolute atomic E-state index is 13.3. The summed E-state index contributed by atoms with van der Waals surface area (Å²) in [6, 6.07) is 6.45. The smallest absolute Gasteiger partial charge is 0.243 e. The zero-order valence-electron chi connectivity index (χ0n) is 17.9. The Balaban J connectivity index is 1.65. The standard InChI is InChI=1S/C21H34N4O4S/c1-29-19-5-7-20(8-6-19)30(27,28)25(15-4-14-23-12-2-3-13-23)16-9-21(26)24-17-10-22-11-18-24/h5-8,22H,2-4,9-18H2,1H3. The number of methoxy groups -OCH3 is 1. The lowest BCUT2D eigenvalue weighted by Crippen LogP contribution is -2.47. The van der Waals surface area contributed by atoms with E-state index in [0.29, 0.717) is 25.4 Å². The van der Waals surface area contributed by atoms with Crippen LogP contribution in [0.15, 0.2) is 29.2 Å². The minimum absolute atomic E-state index is 0.0194. The molecule has 2 aliphatic heterocycles. The Labute approximate surface area is 180 Å². The van der Waals surface area contributed by atoms with E-state index in [1.807, 2.05) is 4.90 Å². The van der Waals surface area contributed by atoms with E-state index in [4.69, 9.17) is 4.74 Å². The quantitative estimate of drug-likeness (QED) is 0.587. The van der Waals surface area contributed by atoms with Crippen LogP contribution in [0.1, 0.15) is 25.7 Å². The van der Waals surface area contributed by atoms with E-state index in [9.17, 15) is 13.2 Å². The van der Waals surface area contributed by atoms with E-state index in [1.54, 1.807) is 31.4 Å². The molecule has 0 saturated carbocycles. The molecule has 1 aromatic carbocycles. The molecule has 8 nitrogen and oxygen atoms in total. The molecule has 1 N–H and O–H groups in total. The number of carbonyl (C=O) groups excluding carboxylic acids is 1. The summed E-state index contributed by atoms with van der Waals surface area (Å²) in [5, 5.41) is 3.23. The number of nitrogens with zero attached hydrogens (tertiary/aromatic N) is 3. The third kappa shape index (κ3) is 6.16. The van der Waals surface area contributed by atoms with Gasteiger partial charge in [-0.2, -0.15) is 4.31 Å². The van der Waals surface area contributed by atoms with E-state index in [2.05, 4.69) is 10.2 Å². The minimum Gasteiger partial charge on any atom is -0.497 e. The first-order valence-corrected chi connectivity index (χ1v) is 12.3. The Morgan fingerprint density at radius 3 is 2.37 bits per heavy atom. The van der Waals surface area contributed by atoms with Crippen molar-refractivity contribution in [3.63, 3.8) is 0 Å². The van der Waals surface area contributed by atoms with Gasteiger partial charge >= 0.3 is 0 Å². The summed E-state index contributed by atoms with van der Waals surface area (Å²) in [5.74, 6) is 0.634. The average molecular weight is 439 g/mol. The lowest BCUT2D eigenvalue weighted by atomic mass is 10.3. The van der Waals surface area contributed by atoms with Gasteiger partial charge in [-0.05, 0) is 63.2 Å². The second-order valence-electron chi connectivity index (χ2n) is 7.86. The van der Waals surface area contributed by atoms with Crippen molar-refractivity contribution in [1.82, 2.24) is 19.4 Å². The van der Waals surface area contributed by atoms with Crippen molar-refractivity contribution in [3.8, 4) is 5.75 Å². The number of rotatable bonds is 10. The number of carbonyl (C=O) groups is 1. The van der Waals surface area contributed by atoms with Gasteiger partial charge in [0.05, 0.1) is 12.0 Å². The van der Waals surface area contributed by atoms with Gasteiger partial charge in [-0.1, -0.05) is 0 Å². The van der Waals surface area contributed by atoms with Crippen LogP contribution in [0.3, 0.4) is 0 Å². The second kappa shape index (κ2) is 11.1. The number of hydrogen-bond acceptors (Lipinski definition) is 6. The topological polar surface area (TPSA) is 82.2 Å². The molecule has 2 fully saturated rings. The molecule has 30 heavy (non-hydrogen) atoms. The van der Waals surface area contributed by atoms with Gasteiger partial charge in [-0.15, -0.1) is 0 Å². The zero-order chi connectivity index (χ0) is 21.4. The van der Waals surface area contributed by atoms with Crippen molar-refractivity contribution >= 4 is 15.9 Å². The Morgan fingerprint density at radius 2 is 1.73 bits per heavy atom. The van der Waals surface area contributed by atoms with Crippen molar-refractivity contribution in [2.24, 2.45) is 0 Å². The van der Waals surface area contributed by atoms with Crippen molar-refractivity contribution in [3.05, 3.63) is 24.3 Å². The molecule has 0 bridgehead atoms. The Hall–Kier alpha value is -1.68. The highest BCUT2D eigenvalue weighted by atomic mass is 32.2. The molecule has 9 heteroatoms. The van der Waals surface area contributed by atoms with E-state index in [-0.39, 0.29) is 23.8 Å². The molecular weight excluding hydrogens is 404 g/mol. The molecule has 1 aromatic rings. The predicted molar refractivity (Wildman–Crippen MR) is 116 cm³/mol. The van der Waals surface area contributed by atoms with Crippen LogP contribution in [0, 0.1) is 0 Å². The van der Waals surface area contributed by atoms with Crippen LogP contribution >= 0.6 is 0 Å². The number of sulfonamides is 1. The maximum Gasteiger partial charge on any atom is 0.243 e. The summed E-state index contributed by atoms with van der Waals surface area (Å²) in [5.41, 5.74) is 0. The van der Waals surface area contributed by atoms with E-state index < -0.39 is 10.0 Å². The molecule has 168 valence electrons. The summed E-state index contributed by atoms with van der Waals surface area (Å²) >= 11 is 0. The highest BCUT2D eigenvalue weighted by Gasteiger charge is 2.26. The Bertz CT molecular complexity index is 773. The largest absolute Gasteiger partial charge is 0.497 e. The number of ether oxygens (including phenoxy) is 1. The average Bonchev–Trinajstić information content (AvgIpc) is 3.30. The first-order valence-electron chi connectivity index (χ1n) is 10.9. The van der Waals surface area contributed by atoms with Crippen LogP contribution in [0.2, 0.25) is 0 Å². The van der Waals surface area contributed by atoms with Gasteiger partial charge < -0.3 is 19.9 Å². The van der Waals surface area contributed by atoms with Gasteiger partial charge in [-0.25, -0.2) is 8.42 Å². The molecule has 0 aliphatic carbocycles. The van der Waals surface area contributed by atoms with Gasteiger partial charge in [0.25, 0.3) is 0 Å². The van der Waals surface area contributed by atoms with Crippen LogP contribution in [-0.4, -0.2) is 94.4 Å². The highest BCUT2D eigenvalue weighted by Crippen LogP contribution is 2.20. The molecule has 0 spiro atoms. The van der Waals surface area contributed by atoms with Gasteiger partial charge in [0.1, 0.15) is 5.75 Å². The highest BCUT2D eigenvalue weighted by molar-refractivity contribution is 7.89. The van der Waals surface area contributed by atoms with E-state index >= 15 is 0 Å². The zero-order valence-corrected chi connectivity index (χ0v) is 18.7. The monoisotopic (exact) mass is 438 g/mol. The normalized spacial score (nSPS) is 18.1. The molecule has 0 aromatic heterocycles. The predicted octanol–water partition coefficient (Wildman–Crippen LogP) is 0.994. The fourth-order valence-electron chi connectivity index (χ4n) is 4.02. The summed E-state index contributed by atoms with van der Waals surface area (Å²) in [6.07, 6.45) is 3.40. The Kier molecular flexibility index (Phi) is 8.50. The van der Waals surface area contributed by atoms with Crippen LogP contribution in [-0.2, 0) is 14.8 Å². The number of piperazine rings is 1. The van der Waals surface area contributed by atoms with Gasteiger partial charge in [0.15, 0.2) is 0 Å². The molecule has 0 atom stereocenters. The van der Waals surface area contributed by atoms with Crippen LogP contribution in [0.5, 0.6) is 5.75 Å². The first-order chi connectivity index (χ1) is 14.5. The molecule has 2 saturated heterocycles. The Morgan fingerprint density at radius 1 is 1.07 bits per heavy atom. The molecule has 2 aliphatic rings. The van der Waals surface area contributed by atoms with Crippen molar-refractivity contribution in [2.45, 2.75) is 30.6 Å².